The van der Waals surface area contributed by atoms with Crippen LogP contribution in [0.5, 0.6) is 0 Å². The average Bonchev–Trinajstić information content (AvgIpc) is 3.21. The summed E-state index contributed by atoms with van der Waals surface area (Å²) in [6.07, 6.45) is 7.79. The summed E-state index contributed by atoms with van der Waals surface area (Å²) in [5, 5.41) is 4.16. The number of H-pyrrole nitrogens is 1. The van der Waals surface area contributed by atoms with Gasteiger partial charge in [0, 0.05) is 17.1 Å². The quantitative estimate of drug-likeness (QED) is 0.438. The minimum Gasteiger partial charge on any atom is -0.361 e. The molecule has 1 aliphatic carbocycles. The van der Waals surface area contributed by atoms with Gasteiger partial charge in [-0.05, 0) is 83.8 Å². The molecule has 1 heterocycles. The fourth-order valence-electron chi connectivity index (χ4n) is 4.55. The Morgan fingerprint density at radius 3 is 2.65 bits per heavy atom. The molecule has 0 saturated carbocycles. The van der Waals surface area contributed by atoms with Crippen LogP contribution in [0.4, 0.5) is 0 Å². The lowest BCUT2D eigenvalue weighted by Crippen LogP contribution is -1.91. The normalized spacial score (nSPS) is 13.4. The van der Waals surface area contributed by atoms with Gasteiger partial charge in [0.1, 0.15) is 0 Å². The number of aromatic nitrogens is 1. The molecule has 0 saturated heterocycles. The van der Waals surface area contributed by atoms with Gasteiger partial charge in [0.05, 0.1) is 0 Å². The molecule has 1 N–H and O–H groups in total. The van der Waals surface area contributed by atoms with E-state index in [-0.39, 0.29) is 0 Å². The van der Waals surface area contributed by atoms with E-state index in [0.717, 1.165) is 19.3 Å². The van der Waals surface area contributed by atoms with Gasteiger partial charge in [-0.1, -0.05) is 48.0 Å². The number of fused-ring (bicyclic) bond motifs is 3. The molecule has 128 valence electrons. The minimum absolute atomic E-state index is 1.11. The number of benzene rings is 2. The molecule has 0 spiro atoms. The molecule has 1 aliphatic rings. The van der Waals surface area contributed by atoms with Crippen molar-refractivity contribution in [1.29, 1.82) is 0 Å². The fourth-order valence-corrected chi connectivity index (χ4v) is 4.55. The largest absolute Gasteiger partial charge is 0.361 e. The predicted octanol–water partition coefficient (Wildman–Crippen LogP) is 6.51. The smallest absolute Gasteiger partial charge is 0.0462 e. The monoisotopic (exact) mass is 337 g/mol. The molecule has 0 atom stereocenters. The van der Waals surface area contributed by atoms with Gasteiger partial charge in [-0.2, -0.15) is 0 Å². The van der Waals surface area contributed by atoms with Crippen molar-refractivity contribution in [2.45, 2.75) is 33.1 Å². The van der Waals surface area contributed by atoms with Crippen LogP contribution in [-0.2, 0) is 12.8 Å². The molecule has 26 heavy (non-hydrogen) atoms. The second kappa shape index (κ2) is 5.88. The second-order valence-electron chi connectivity index (χ2n) is 7.58. The topological polar surface area (TPSA) is 15.8 Å². The molecule has 3 aromatic carbocycles. The third-order valence-electron chi connectivity index (χ3n) is 5.97. The summed E-state index contributed by atoms with van der Waals surface area (Å²) in [6.45, 7) is 4.51. The van der Waals surface area contributed by atoms with Gasteiger partial charge in [-0.25, -0.2) is 0 Å². The number of aromatic amines is 1. The Bertz CT molecular complexity index is 1170. The van der Waals surface area contributed by atoms with Crippen LogP contribution in [0.15, 0.2) is 60.3 Å². The van der Waals surface area contributed by atoms with Crippen molar-refractivity contribution >= 4 is 27.8 Å². The summed E-state index contributed by atoms with van der Waals surface area (Å²) in [5.41, 5.74) is 10.00. The SMILES string of the molecule is Cc1cc2c(C)c3ccc[nH]c3cc2c1CCC1=Cc2ccccc2C1. The summed E-state index contributed by atoms with van der Waals surface area (Å²) in [6, 6.07) is 17.8. The van der Waals surface area contributed by atoms with E-state index in [4.69, 9.17) is 0 Å². The van der Waals surface area contributed by atoms with Crippen LogP contribution in [-0.4, -0.2) is 4.98 Å². The number of pyridine rings is 1. The first kappa shape index (κ1) is 15.5. The molecular weight excluding hydrogens is 314 g/mol. The fraction of sp³-hybridized carbons (Fsp3) is 0.200. The van der Waals surface area contributed by atoms with Crippen molar-refractivity contribution in [1.82, 2.24) is 4.98 Å². The van der Waals surface area contributed by atoms with Crippen molar-refractivity contribution in [3.05, 3.63) is 88.1 Å². The molecule has 4 aromatic rings. The Morgan fingerprint density at radius 2 is 1.77 bits per heavy atom. The van der Waals surface area contributed by atoms with Crippen LogP contribution in [0.3, 0.4) is 0 Å². The number of hydrogen-bond donors (Lipinski definition) is 1. The van der Waals surface area contributed by atoms with E-state index in [0.29, 0.717) is 0 Å². The van der Waals surface area contributed by atoms with Crippen LogP contribution >= 0.6 is 0 Å². The summed E-state index contributed by atoms with van der Waals surface area (Å²) in [5.74, 6) is 0. The third-order valence-corrected chi connectivity index (χ3v) is 5.97. The lowest BCUT2D eigenvalue weighted by molar-refractivity contribution is 0.919. The molecule has 0 unspecified atom stereocenters. The number of hydrogen-bond acceptors (Lipinski definition) is 0. The van der Waals surface area contributed by atoms with E-state index in [1.54, 1.807) is 5.57 Å². The molecule has 0 fully saturated rings. The van der Waals surface area contributed by atoms with E-state index < -0.39 is 0 Å². The number of rotatable bonds is 3. The third kappa shape index (κ3) is 2.39. The second-order valence-corrected chi connectivity index (χ2v) is 7.58. The summed E-state index contributed by atoms with van der Waals surface area (Å²) in [7, 11) is 0. The van der Waals surface area contributed by atoms with Crippen molar-refractivity contribution in [3.8, 4) is 0 Å². The summed E-state index contributed by atoms with van der Waals surface area (Å²) < 4.78 is 0. The van der Waals surface area contributed by atoms with Crippen LogP contribution in [0.1, 0.15) is 34.2 Å². The van der Waals surface area contributed by atoms with Crippen LogP contribution < -0.4 is 0 Å². The number of allylic oxidation sites excluding steroid dienone is 1. The average molecular weight is 337 g/mol. The van der Waals surface area contributed by atoms with Crippen molar-refractivity contribution in [3.63, 3.8) is 0 Å². The molecule has 5 rings (SSSR count). The Morgan fingerprint density at radius 1 is 0.885 bits per heavy atom. The van der Waals surface area contributed by atoms with E-state index >= 15 is 0 Å². The molecule has 0 radical (unpaired) electrons. The first-order valence-corrected chi connectivity index (χ1v) is 9.47. The summed E-state index contributed by atoms with van der Waals surface area (Å²) in [4.78, 5) is 3.42. The lowest BCUT2D eigenvalue weighted by atomic mass is 9.98. The zero-order chi connectivity index (χ0) is 17.7. The van der Waals surface area contributed by atoms with E-state index in [1.165, 1.54) is 49.5 Å². The highest BCUT2D eigenvalue weighted by Crippen LogP contribution is 2.35. The minimum atomic E-state index is 1.11. The molecule has 0 amide bonds. The van der Waals surface area contributed by atoms with Crippen LogP contribution in [0.25, 0.3) is 27.8 Å². The van der Waals surface area contributed by atoms with Gasteiger partial charge < -0.3 is 4.98 Å². The number of nitrogens with one attached hydrogen (secondary N) is 1. The Kier molecular flexibility index (Phi) is 3.49. The Labute approximate surface area is 154 Å². The molecule has 1 heteroatoms. The summed E-state index contributed by atoms with van der Waals surface area (Å²) >= 11 is 0. The van der Waals surface area contributed by atoms with Gasteiger partial charge in [0.2, 0.25) is 0 Å². The number of aryl methyl sites for hydroxylation is 3. The van der Waals surface area contributed by atoms with Gasteiger partial charge in [-0.3, -0.25) is 0 Å². The Balaban J connectivity index is 1.51. The van der Waals surface area contributed by atoms with Crippen LogP contribution in [0, 0.1) is 13.8 Å². The zero-order valence-corrected chi connectivity index (χ0v) is 15.4. The van der Waals surface area contributed by atoms with E-state index in [2.05, 4.69) is 73.4 Å². The molecule has 1 nitrogen and oxygen atoms in total. The standard InChI is InChI=1S/C25H23N/c1-16-12-23-17(2)22-8-5-11-26-25(22)15-24(23)21(16)10-9-18-13-19-6-3-4-7-20(19)14-18/h3-8,11-13,15,26H,9-10,14H2,1-2H3. The molecule has 0 bridgehead atoms. The van der Waals surface area contributed by atoms with Gasteiger partial charge in [-0.15, -0.1) is 0 Å². The van der Waals surface area contributed by atoms with Crippen molar-refractivity contribution < 1.29 is 0 Å². The first-order valence-electron chi connectivity index (χ1n) is 9.47. The predicted molar refractivity (Wildman–Crippen MR) is 112 cm³/mol. The van der Waals surface area contributed by atoms with Gasteiger partial charge in [0.25, 0.3) is 0 Å². The highest BCUT2D eigenvalue weighted by atomic mass is 14.6. The van der Waals surface area contributed by atoms with Crippen molar-refractivity contribution in [2.75, 3.05) is 0 Å². The van der Waals surface area contributed by atoms with Gasteiger partial charge in [0.15, 0.2) is 0 Å². The van der Waals surface area contributed by atoms with Gasteiger partial charge >= 0.3 is 0 Å². The maximum absolute atomic E-state index is 3.42. The zero-order valence-electron chi connectivity index (χ0n) is 15.4. The molecular formula is C25H23N. The Hall–Kier alpha value is -2.80. The van der Waals surface area contributed by atoms with Crippen LogP contribution in [0.2, 0.25) is 0 Å². The molecule has 1 aromatic heterocycles. The first-order chi connectivity index (χ1) is 12.7. The van der Waals surface area contributed by atoms with Crippen molar-refractivity contribution in [2.24, 2.45) is 0 Å². The lowest BCUT2D eigenvalue weighted by Gasteiger charge is -2.08. The molecule has 0 aliphatic heterocycles. The van der Waals surface area contributed by atoms with E-state index in [1.807, 2.05) is 6.20 Å². The highest BCUT2D eigenvalue weighted by molar-refractivity contribution is 6.03. The maximum atomic E-state index is 3.42. The maximum Gasteiger partial charge on any atom is 0.0462 e. The van der Waals surface area contributed by atoms with E-state index in [9.17, 15) is 0 Å². The highest BCUT2D eigenvalue weighted by Gasteiger charge is 2.15.